The first-order chi connectivity index (χ1) is 7.74. The van der Waals surface area contributed by atoms with Gasteiger partial charge in [0.05, 0.1) is 6.54 Å². The van der Waals surface area contributed by atoms with Crippen molar-refractivity contribution >= 4 is 5.91 Å². The van der Waals surface area contributed by atoms with Crippen LogP contribution in [0.3, 0.4) is 0 Å². The van der Waals surface area contributed by atoms with Gasteiger partial charge in [-0.1, -0.05) is 12.1 Å². The molecule has 86 valence electrons. The second kappa shape index (κ2) is 6.74. The number of hydrogen-bond acceptors (Lipinski definition) is 3. The summed E-state index contributed by atoms with van der Waals surface area (Å²) in [7, 11) is 0. The van der Waals surface area contributed by atoms with Crippen LogP contribution in [0, 0.1) is 6.92 Å². The van der Waals surface area contributed by atoms with E-state index in [0.717, 1.165) is 11.3 Å². The van der Waals surface area contributed by atoms with Gasteiger partial charge in [-0.25, -0.2) is 0 Å². The minimum atomic E-state index is -0.0264. The molecule has 2 N–H and O–H groups in total. The zero-order valence-electron chi connectivity index (χ0n) is 9.49. The maximum atomic E-state index is 11.2. The number of carbonyl (C=O) groups excluding carboxylic acids is 1. The van der Waals surface area contributed by atoms with E-state index in [-0.39, 0.29) is 5.91 Å². The lowest BCUT2D eigenvalue weighted by molar-refractivity contribution is -0.120. The molecule has 1 rings (SSSR count). The SMILES string of the molecule is C=CCNC(=O)CNCc1cccnc1C. The van der Waals surface area contributed by atoms with E-state index in [2.05, 4.69) is 22.2 Å². The Hall–Kier alpha value is -1.68. The fourth-order valence-corrected chi connectivity index (χ4v) is 1.26. The fraction of sp³-hybridized carbons (Fsp3) is 0.333. The van der Waals surface area contributed by atoms with E-state index in [0.29, 0.717) is 19.6 Å². The molecule has 0 saturated carbocycles. The number of hydrogen-bond donors (Lipinski definition) is 2. The van der Waals surface area contributed by atoms with Gasteiger partial charge >= 0.3 is 0 Å². The van der Waals surface area contributed by atoms with Crippen molar-refractivity contribution in [2.75, 3.05) is 13.1 Å². The van der Waals surface area contributed by atoms with Gasteiger partial charge in [0, 0.05) is 25.0 Å². The first-order valence-electron chi connectivity index (χ1n) is 5.23. The fourth-order valence-electron chi connectivity index (χ4n) is 1.26. The molecule has 0 fully saturated rings. The topological polar surface area (TPSA) is 54.0 Å². The minimum absolute atomic E-state index is 0.0264. The maximum Gasteiger partial charge on any atom is 0.234 e. The van der Waals surface area contributed by atoms with Crippen LogP contribution in [0.4, 0.5) is 0 Å². The average Bonchev–Trinajstić information content (AvgIpc) is 2.29. The molecule has 0 bridgehead atoms. The Bertz CT molecular complexity index is 363. The Morgan fingerprint density at radius 1 is 1.62 bits per heavy atom. The van der Waals surface area contributed by atoms with Crippen LogP contribution >= 0.6 is 0 Å². The lowest BCUT2D eigenvalue weighted by Gasteiger charge is -2.06. The van der Waals surface area contributed by atoms with E-state index in [4.69, 9.17) is 0 Å². The lowest BCUT2D eigenvalue weighted by atomic mass is 10.2. The molecule has 0 aromatic carbocycles. The van der Waals surface area contributed by atoms with Crippen LogP contribution in [0.2, 0.25) is 0 Å². The van der Waals surface area contributed by atoms with E-state index in [1.807, 2.05) is 19.1 Å². The second-order valence-electron chi connectivity index (χ2n) is 3.44. The van der Waals surface area contributed by atoms with Crippen molar-refractivity contribution in [3.8, 4) is 0 Å². The highest BCUT2D eigenvalue weighted by Crippen LogP contribution is 2.01. The minimum Gasteiger partial charge on any atom is -0.352 e. The van der Waals surface area contributed by atoms with Gasteiger partial charge in [-0.05, 0) is 18.6 Å². The number of rotatable bonds is 6. The molecule has 4 nitrogen and oxygen atoms in total. The molecule has 1 amide bonds. The average molecular weight is 219 g/mol. The summed E-state index contributed by atoms with van der Waals surface area (Å²) in [5.41, 5.74) is 2.10. The van der Waals surface area contributed by atoms with Crippen LogP contribution < -0.4 is 10.6 Å². The molecule has 0 aliphatic rings. The quantitative estimate of drug-likeness (QED) is 0.695. The Morgan fingerprint density at radius 2 is 2.44 bits per heavy atom. The zero-order chi connectivity index (χ0) is 11.8. The number of pyridine rings is 1. The molecule has 0 radical (unpaired) electrons. The van der Waals surface area contributed by atoms with E-state index < -0.39 is 0 Å². The smallest absolute Gasteiger partial charge is 0.234 e. The molecule has 0 aliphatic carbocycles. The van der Waals surface area contributed by atoms with Crippen molar-refractivity contribution < 1.29 is 4.79 Å². The van der Waals surface area contributed by atoms with Gasteiger partial charge in [0.2, 0.25) is 5.91 Å². The summed E-state index contributed by atoms with van der Waals surface area (Å²) in [6.07, 6.45) is 3.42. The number of nitrogens with one attached hydrogen (secondary N) is 2. The van der Waals surface area contributed by atoms with Crippen LogP contribution in [-0.4, -0.2) is 24.0 Å². The van der Waals surface area contributed by atoms with Gasteiger partial charge in [-0.15, -0.1) is 6.58 Å². The highest BCUT2D eigenvalue weighted by atomic mass is 16.1. The van der Waals surface area contributed by atoms with Crippen LogP contribution in [0.15, 0.2) is 31.0 Å². The molecule has 16 heavy (non-hydrogen) atoms. The molecule has 0 unspecified atom stereocenters. The third kappa shape index (κ3) is 4.23. The largest absolute Gasteiger partial charge is 0.352 e. The predicted octanol–water partition coefficient (Wildman–Crippen LogP) is 0.782. The molecule has 1 aromatic heterocycles. The third-order valence-electron chi connectivity index (χ3n) is 2.16. The molecule has 1 heterocycles. The van der Waals surface area contributed by atoms with Gasteiger partial charge < -0.3 is 10.6 Å². The Kier molecular flexibility index (Phi) is 5.22. The second-order valence-corrected chi connectivity index (χ2v) is 3.44. The number of carbonyl (C=O) groups is 1. The van der Waals surface area contributed by atoms with E-state index >= 15 is 0 Å². The predicted molar refractivity (Wildman–Crippen MR) is 63.9 cm³/mol. The summed E-state index contributed by atoms with van der Waals surface area (Å²) in [5.74, 6) is -0.0264. The molecule has 0 spiro atoms. The number of nitrogens with zero attached hydrogens (tertiary/aromatic N) is 1. The van der Waals surface area contributed by atoms with Crippen LogP contribution in [0.5, 0.6) is 0 Å². The summed E-state index contributed by atoms with van der Waals surface area (Å²) >= 11 is 0. The van der Waals surface area contributed by atoms with Crippen molar-refractivity contribution in [3.63, 3.8) is 0 Å². The molecular formula is C12H17N3O. The number of amides is 1. The Labute approximate surface area is 95.8 Å². The molecule has 4 heteroatoms. The van der Waals surface area contributed by atoms with Gasteiger partial charge in [0.25, 0.3) is 0 Å². The summed E-state index contributed by atoms with van der Waals surface area (Å²) in [6.45, 7) is 6.95. The van der Waals surface area contributed by atoms with Gasteiger partial charge in [-0.2, -0.15) is 0 Å². The first kappa shape index (κ1) is 12.4. The van der Waals surface area contributed by atoms with Crippen molar-refractivity contribution in [2.24, 2.45) is 0 Å². The van der Waals surface area contributed by atoms with Crippen LogP contribution in [-0.2, 0) is 11.3 Å². The Balaban J connectivity index is 2.28. The molecule has 0 atom stereocenters. The van der Waals surface area contributed by atoms with Crippen LogP contribution in [0.25, 0.3) is 0 Å². The summed E-state index contributed by atoms with van der Waals surface area (Å²) < 4.78 is 0. The van der Waals surface area contributed by atoms with Crippen molar-refractivity contribution in [3.05, 3.63) is 42.2 Å². The number of aromatic nitrogens is 1. The van der Waals surface area contributed by atoms with Gasteiger partial charge in [-0.3, -0.25) is 9.78 Å². The Morgan fingerprint density at radius 3 is 3.12 bits per heavy atom. The van der Waals surface area contributed by atoms with Gasteiger partial charge in [0.15, 0.2) is 0 Å². The van der Waals surface area contributed by atoms with Crippen molar-refractivity contribution in [1.29, 1.82) is 0 Å². The summed E-state index contributed by atoms with van der Waals surface area (Å²) in [6, 6.07) is 3.89. The number of aryl methyl sites for hydroxylation is 1. The van der Waals surface area contributed by atoms with Crippen molar-refractivity contribution in [2.45, 2.75) is 13.5 Å². The highest BCUT2D eigenvalue weighted by Gasteiger charge is 2.00. The van der Waals surface area contributed by atoms with E-state index in [1.165, 1.54) is 0 Å². The highest BCUT2D eigenvalue weighted by molar-refractivity contribution is 5.78. The van der Waals surface area contributed by atoms with E-state index in [1.54, 1.807) is 12.3 Å². The molecule has 1 aromatic rings. The third-order valence-corrected chi connectivity index (χ3v) is 2.16. The van der Waals surface area contributed by atoms with Gasteiger partial charge in [0.1, 0.15) is 0 Å². The van der Waals surface area contributed by atoms with Crippen LogP contribution in [0.1, 0.15) is 11.3 Å². The maximum absolute atomic E-state index is 11.2. The molecule has 0 saturated heterocycles. The lowest BCUT2D eigenvalue weighted by Crippen LogP contribution is -2.33. The normalized spacial score (nSPS) is 9.81. The first-order valence-corrected chi connectivity index (χ1v) is 5.23. The summed E-state index contributed by atoms with van der Waals surface area (Å²) in [5, 5.41) is 5.76. The molecule has 0 aliphatic heterocycles. The van der Waals surface area contributed by atoms with Crippen molar-refractivity contribution in [1.82, 2.24) is 15.6 Å². The van der Waals surface area contributed by atoms with E-state index in [9.17, 15) is 4.79 Å². The zero-order valence-corrected chi connectivity index (χ0v) is 9.49. The monoisotopic (exact) mass is 219 g/mol. The molecular weight excluding hydrogens is 202 g/mol. The summed E-state index contributed by atoms with van der Waals surface area (Å²) in [4.78, 5) is 15.4. The standard InChI is InChI=1S/C12H17N3O/c1-3-6-15-12(16)9-13-8-11-5-4-7-14-10(11)2/h3-5,7,13H,1,6,8-9H2,2H3,(H,15,16).